The molecule has 1 aromatic heterocycles. The van der Waals surface area contributed by atoms with Crippen molar-refractivity contribution in [3.63, 3.8) is 0 Å². The Morgan fingerprint density at radius 3 is 2.33 bits per heavy atom. The summed E-state index contributed by atoms with van der Waals surface area (Å²) in [6, 6.07) is 22.5. The SMILES string of the molecule is I.O=[N+]([O-])c1ccc(CN=C(NCCc2ccccc2)NCc2ccccn2)cc1. The predicted molar refractivity (Wildman–Crippen MR) is 129 cm³/mol. The van der Waals surface area contributed by atoms with E-state index < -0.39 is 4.92 Å². The minimum atomic E-state index is -0.405. The number of hydrogen-bond donors (Lipinski definition) is 2. The third kappa shape index (κ3) is 7.78. The number of rotatable bonds is 8. The molecule has 0 saturated heterocycles. The first kappa shape index (κ1) is 23.3. The number of pyridine rings is 1. The van der Waals surface area contributed by atoms with Crippen molar-refractivity contribution in [1.29, 1.82) is 0 Å². The van der Waals surface area contributed by atoms with E-state index >= 15 is 0 Å². The lowest BCUT2D eigenvalue weighted by molar-refractivity contribution is -0.384. The molecule has 0 saturated carbocycles. The second kappa shape index (κ2) is 12.5. The molecule has 0 atom stereocenters. The van der Waals surface area contributed by atoms with Gasteiger partial charge < -0.3 is 10.6 Å². The van der Waals surface area contributed by atoms with E-state index in [2.05, 4.69) is 32.7 Å². The zero-order valence-electron chi connectivity index (χ0n) is 16.4. The number of halogens is 1. The Morgan fingerprint density at radius 1 is 0.933 bits per heavy atom. The van der Waals surface area contributed by atoms with E-state index in [-0.39, 0.29) is 29.7 Å². The highest BCUT2D eigenvalue weighted by molar-refractivity contribution is 14.0. The minimum Gasteiger partial charge on any atom is -0.356 e. The molecule has 30 heavy (non-hydrogen) atoms. The molecule has 156 valence electrons. The molecule has 2 N–H and O–H groups in total. The summed E-state index contributed by atoms with van der Waals surface area (Å²) in [6.45, 7) is 1.71. The van der Waals surface area contributed by atoms with Gasteiger partial charge in [0.1, 0.15) is 0 Å². The predicted octanol–water partition coefficient (Wildman–Crippen LogP) is 4.09. The maximum absolute atomic E-state index is 10.8. The second-order valence-corrected chi connectivity index (χ2v) is 6.43. The van der Waals surface area contributed by atoms with Crippen LogP contribution in [-0.2, 0) is 19.5 Å². The summed E-state index contributed by atoms with van der Waals surface area (Å²) in [6.07, 6.45) is 2.64. The fourth-order valence-corrected chi connectivity index (χ4v) is 2.71. The average molecular weight is 517 g/mol. The van der Waals surface area contributed by atoms with E-state index in [0.717, 1.165) is 24.2 Å². The van der Waals surface area contributed by atoms with Crippen LogP contribution >= 0.6 is 24.0 Å². The van der Waals surface area contributed by atoms with E-state index in [1.54, 1.807) is 18.3 Å². The maximum Gasteiger partial charge on any atom is 0.269 e. The molecule has 1 heterocycles. The van der Waals surface area contributed by atoms with Crippen LogP contribution < -0.4 is 10.6 Å². The summed E-state index contributed by atoms with van der Waals surface area (Å²) in [7, 11) is 0. The fraction of sp³-hybridized carbons (Fsp3) is 0.182. The number of non-ortho nitro benzene ring substituents is 1. The number of nitrogens with one attached hydrogen (secondary N) is 2. The van der Waals surface area contributed by atoms with Gasteiger partial charge in [0, 0.05) is 24.9 Å². The number of aliphatic imine (C=N–C) groups is 1. The first-order valence-corrected chi connectivity index (χ1v) is 9.40. The largest absolute Gasteiger partial charge is 0.356 e. The van der Waals surface area contributed by atoms with Crippen LogP contribution in [0.15, 0.2) is 84.0 Å². The second-order valence-electron chi connectivity index (χ2n) is 6.43. The lowest BCUT2D eigenvalue weighted by Gasteiger charge is -2.12. The Labute approximate surface area is 192 Å². The molecule has 0 unspecified atom stereocenters. The number of nitro benzene ring substituents is 1. The van der Waals surface area contributed by atoms with Crippen molar-refractivity contribution in [3.05, 3.63) is 106 Å². The highest BCUT2D eigenvalue weighted by Gasteiger charge is 2.05. The van der Waals surface area contributed by atoms with Gasteiger partial charge in [0.05, 0.1) is 23.7 Å². The van der Waals surface area contributed by atoms with Crippen molar-refractivity contribution in [3.8, 4) is 0 Å². The molecule has 0 aliphatic rings. The van der Waals surface area contributed by atoms with Gasteiger partial charge in [-0.3, -0.25) is 15.1 Å². The normalized spacial score (nSPS) is 10.7. The van der Waals surface area contributed by atoms with Gasteiger partial charge in [-0.2, -0.15) is 0 Å². The molecule has 0 amide bonds. The Bertz CT molecular complexity index is 935. The number of nitrogens with zero attached hydrogens (tertiary/aromatic N) is 3. The molecule has 0 fully saturated rings. The molecular weight excluding hydrogens is 493 g/mol. The topological polar surface area (TPSA) is 92.5 Å². The van der Waals surface area contributed by atoms with Crippen LogP contribution in [0.5, 0.6) is 0 Å². The van der Waals surface area contributed by atoms with Crippen molar-refractivity contribution in [1.82, 2.24) is 15.6 Å². The molecular formula is C22H24IN5O2. The number of hydrogen-bond acceptors (Lipinski definition) is 4. The van der Waals surface area contributed by atoms with Gasteiger partial charge in [-0.25, -0.2) is 4.99 Å². The molecule has 0 spiro atoms. The summed E-state index contributed by atoms with van der Waals surface area (Å²) >= 11 is 0. The summed E-state index contributed by atoms with van der Waals surface area (Å²) in [5.41, 5.74) is 3.14. The van der Waals surface area contributed by atoms with Crippen molar-refractivity contribution in [2.45, 2.75) is 19.5 Å². The van der Waals surface area contributed by atoms with Crippen LogP contribution in [0.4, 0.5) is 5.69 Å². The summed E-state index contributed by atoms with van der Waals surface area (Å²) in [4.78, 5) is 19.3. The lowest BCUT2D eigenvalue weighted by atomic mass is 10.1. The first-order valence-electron chi connectivity index (χ1n) is 9.40. The van der Waals surface area contributed by atoms with E-state index in [4.69, 9.17) is 0 Å². The highest BCUT2D eigenvalue weighted by atomic mass is 127. The molecule has 0 radical (unpaired) electrons. The number of guanidine groups is 1. The third-order valence-corrected chi connectivity index (χ3v) is 4.28. The zero-order chi connectivity index (χ0) is 20.3. The van der Waals surface area contributed by atoms with Gasteiger partial charge in [-0.15, -0.1) is 24.0 Å². The number of benzene rings is 2. The van der Waals surface area contributed by atoms with Crippen LogP contribution in [0.25, 0.3) is 0 Å². The van der Waals surface area contributed by atoms with Gasteiger partial charge in [0.15, 0.2) is 5.96 Å². The monoisotopic (exact) mass is 517 g/mol. The van der Waals surface area contributed by atoms with Gasteiger partial charge in [-0.05, 0) is 29.7 Å². The van der Waals surface area contributed by atoms with Crippen LogP contribution in [0.2, 0.25) is 0 Å². The van der Waals surface area contributed by atoms with Crippen LogP contribution in [0.1, 0.15) is 16.8 Å². The zero-order valence-corrected chi connectivity index (χ0v) is 18.7. The van der Waals surface area contributed by atoms with Crippen molar-refractivity contribution in [2.24, 2.45) is 4.99 Å². The Kier molecular flexibility index (Phi) is 9.72. The van der Waals surface area contributed by atoms with Crippen molar-refractivity contribution >= 4 is 35.6 Å². The van der Waals surface area contributed by atoms with Crippen LogP contribution in [0, 0.1) is 10.1 Å². The molecule has 3 rings (SSSR count). The highest BCUT2D eigenvalue weighted by Crippen LogP contribution is 2.12. The van der Waals surface area contributed by atoms with Crippen LogP contribution in [-0.4, -0.2) is 22.4 Å². The number of aromatic nitrogens is 1. The maximum atomic E-state index is 10.8. The molecule has 7 nitrogen and oxygen atoms in total. The Morgan fingerprint density at radius 2 is 1.67 bits per heavy atom. The summed E-state index contributed by atoms with van der Waals surface area (Å²) in [5, 5.41) is 17.4. The molecule has 0 bridgehead atoms. The average Bonchev–Trinajstić information content (AvgIpc) is 2.77. The molecule has 3 aromatic rings. The molecule has 8 heteroatoms. The lowest BCUT2D eigenvalue weighted by Crippen LogP contribution is -2.38. The third-order valence-electron chi connectivity index (χ3n) is 4.28. The minimum absolute atomic E-state index is 0. The Balaban J connectivity index is 0.00000320. The molecule has 0 aliphatic heterocycles. The quantitative estimate of drug-likeness (QED) is 0.155. The molecule has 0 aliphatic carbocycles. The van der Waals surface area contributed by atoms with Gasteiger partial charge in [0.25, 0.3) is 5.69 Å². The van der Waals surface area contributed by atoms with E-state index in [0.29, 0.717) is 19.0 Å². The smallest absolute Gasteiger partial charge is 0.269 e. The van der Waals surface area contributed by atoms with E-state index in [1.165, 1.54) is 17.7 Å². The van der Waals surface area contributed by atoms with Gasteiger partial charge in [0.2, 0.25) is 0 Å². The van der Waals surface area contributed by atoms with Gasteiger partial charge >= 0.3 is 0 Å². The van der Waals surface area contributed by atoms with E-state index in [1.807, 2.05) is 36.4 Å². The van der Waals surface area contributed by atoms with E-state index in [9.17, 15) is 10.1 Å². The molecule has 2 aromatic carbocycles. The van der Waals surface area contributed by atoms with Crippen LogP contribution in [0.3, 0.4) is 0 Å². The standard InChI is InChI=1S/C22H23N5O2.HI/c28-27(29)21-11-9-19(10-12-21)16-25-22(26-17-20-8-4-5-14-23-20)24-15-13-18-6-2-1-3-7-18;/h1-12,14H,13,15-17H2,(H2,24,25,26);1H. The van der Waals surface area contributed by atoms with Crippen molar-refractivity contribution < 1.29 is 4.92 Å². The summed E-state index contributed by atoms with van der Waals surface area (Å²) < 4.78 is 0. The Hall–Kier alpha value is -3.01. The number of nitro groups is 1. The van der Waals surface area contributed by atoms with Crippen molar-refractivity contribution in [2.75, 3.05) is 6.54 Å². The van der Waals surface area contributed by atoms with Gasteiger partial charge in [-0.1, -0.05) is 48.5 Å². The summed E-state index contributed by atoms with van der Waals surface area (Å²) in [5.74, 6) is 0.671. The fourth-order valence-electron chi connectivity index (χ4n) is 2.71. The first-order chi connectivity index (χ1) is 14.2.